The van der Waals surface area contributed by atoms with E-state index in [2.05, 4.69) is 5.32 Å². The molecular weight excluding hydrogens is 364 g/mol. The predicted molar refractivity (Wildman–Crippen MR) is 116 cm³/mol. The second-order valence-corrected chi connectivity index (χ2v) is 7.66. The van der Waals surface area contributed by atoms with Gasteiger partial charge in [-0.1, -0.05) is 56.3 Å². The zero-order valence-electron chi connectivity index (χ0n) is 17.9. The van der Waals surface area contributed by atoms with Gasteiger partial charge in [0, 0.05) is 13.1 Å². The highest BCUT2D eigenvalue weighted by atomic mass is 16.5. The summed E-state index contributed by atoms with van der Waals surface area (Å²) in [5.41, 5.74) is 2.04. The quantitative estimate of drug-likeness (QED) is 0.669. The molecule has 1 N–H and O–H groups in total. The van der Waals surface area contributed by atoms with Gasteiger partial charge in [-0.25, -0.2) is 0 Å². The number of amides is 2. The van der Waals surface area contributed by atoms with Crippen molar-refractivity contribution < 1.29 is 14.3 Å². The summed E-state index contributed by atoms with van der Waals surface area (Å²) < 4.78 is 5.18. The summed E-state index contributed by atoms with van der Waals surface area (Å²) in [7, 11) is 1.61. The highest BCUT2D eigenvalue weighted by molar-refractivity contribution is 5.88. The number of methoxy groups -OCH3 is 1. The van der Waals surface area contributed by atoms with Crippen LogP contribution in [0.25, 0.3) is 0 Å². The second kappa shape index (κ2) is 11.2. The summed E-state index contributed by atoms with van der Waals surface area (Å²) >= 11 is 0. The van der Waals surface area contributed by atoms with Crippen LogP contribution in [0, 0.1) is 5.92 Å². The van der Waals surface area contributed by atoms with E-state index >= 15 is 0 Å². The molecule has 0 bridgehead atoms. The Morgan fingerprint density at radius 2 is 1.62 bits per heavy atom. The summed E-state index contributed by atoms with van der Waals surface area (Å²) in [5.74, 6) is 0.940. The van der Waals surface area contributed by atoms with Gasteiger partial charge in [0.15, 0.2) is 0 Å². The third-order valence-corrected chi connectivity index (χ3v) is 4.85. The van der Waals surface area contributed by atoms with E-state index in [9.17, 15) is 9.59 Å². The van der Waals surface area contributed by atoms with Gasteiger partial charge < -0.3 is 15.0 Å². The van der Waals surface area contributed by atoms with E-state index in [1.165, 1.54) is 0 Å². The Labute approximate surface area is 174 Å². The number of nitrogens with zero attached hydrogens (tertiary/aromatic N) is 1. The number of hydrogen-bond acceptors (Lipinski definition) is 3. The van der Waals surface area contributed by atoms with E-state index in [0.29, 0.717) is 25.4 Å². The smallest absolute Gasteiger partial charge is 0.242 e. The molecule has 156 valence electrons. The Balaban J connectivity index is 2.10. The molecule has 2 aromatic rings. The third-order valence-electron chi connectivity index (χ3n) is 4.85. The minimum atomic E-state index is -0.525. The molecule has 0 aliphatic rings. The molecule has 0 fully saturated rings. The molecule has 0 aromatic heterocycles. The Hall–Kier alpha value is -2.82. The van der Waals surface area contributed by atoms with Crippen LogP contribution in [0.5, 0.6) is 5.75 Å². The van der Waals surface area contributed by atoms with Crippen molar-refractivity contribution in [2.75, 3.05) is 20.2 Å². The lowest BCUT2D eigenvalue weighted by atomic mass is 10.1. The number of carbonyl (C=O) groups excluding carboxylic acids is 2. The van der Waals surface area contributed by atoms with Crippen molar-refractivity contribution in [1.82, 2.24) is 10.2 Å². The Kier molecular flexibility index (Phi) is 8.71. The number of ether oxygens (including phenoxy) is 1. The summed E-state index contributed by atoms with van der Waals surface area (Å²) in [4.78, 5) is 27.4. The number of carbonyl (C=O) groups is 2. The van der Waals surface area contributed by atoms with E-state index in [-0.39, 0.29) is 18.2 Å². The molecule has 0 radical (unpaired) electrons. The maximum absolute atomic E-state index is 13.1. The van der Waals surface area contributed by atoms with E-state index in [1.54, 1.807) is 18.9 Å². The lowest BCUT2D eigenvalue weighted by Crippen LogP contribution is -2.49. The lowest BCUT2D eigenvalue weighted by molar-refractivity contribution is -0.139. The van der Waals surface area contributed by atoms with Crippen LogP contribution in [0.4, 0.5) is 0 Å². The SMILES string of the molecule is COc1ccc(CC(=O)N(CCc2ccccc2)C(C)C(=O)NCC(C)C)cc1. The largest absolute Gasteiger partial charge is 0.497 e. The monoisotopic (exact) mass is 396 g/mol. The van der Waals surface area contributed by atoms with Gasteiger partial charge in [-0.2, -0.15) is 0 Å². The van der Waals surface area contributed by atoms with Gasteiger partial charge in [-0.15, -0.1) is 0 Å². The van der Waals surface area contributed by atoms with Crippen LogP contribution in [0.3, 0.4) is 0 Å². The molecule has 0 aliphatic heterocycles. The molecule has 1 unspecified atom stereocenters. The number of benzene rings is 2. The van der Waals surface area contributed by atoms with Gasteiger partial charge in [0.25, 0.3) is 0 Å². The van der Waals surface area contributed by atoms with Gasteiger partial charge in [-0.3, -0.25) is 9.59 Å². The molecule has 0 aliphatic carbocycles. The first-order chi connectivity index (χ1) is 13.9. The van der Waals surface area contributed by atoms with Crippen molar-refractivity contribution in [2.24, 2.45) is 5.92 Å². The topological polar surface area (TPSA) is 58.6 Å². The maximum Gasteiger partial charge on any atom is 0.242 e. The summed E-state index contributed by atoms with van der Waals surface area (Å²) in [6.45, 7) is 6.99. The van der Waals surface area contributed by atoms with Crippen molar-refractivity contribution in [3.05, 3.63) is 65.7 Å². The molecule has 1 atom stereocenters. The van der Waals surface area contributed by atoms with Crippen LogP contribution < -0.4 is 10.1 Å². The van der Waals surface area contributed by atoms with Crippen molar-refractivity contribution in [1.29, 1.82) is 0 Å². The fourth-order valence-electron chi connectivity index (χ4n) is 3.04. The molecule has 0 heterocycles. The van der Waals surface area contributed by atoms with Gasteiger partial charge in [0.05, 0.1) is 13.5 Å². The van der Waals surface area contributed by atoms with Gasteiger partial charge in [0.1, 0.15) is 11.8 Å². The standard InChI is InChI=1S/C24H32N2O3/c1-18(2)17-25-24(28)19(3)26(15-14-20-8-6-5-7-9-20)23(27)16-21-10-12-22(29-4)13-11-21/h5-13,18-19H,14-17H2,1-4H3,(H,25,28). The molecule has 29 heavy (non-hydrogen) atoms. The van der Waals surface area contributed by atoms with Crippen LogP contribution in [0.15, 0.2) is 54.6 Å². The zero-order chi connectivity index (χ0) is 21.2. The first kappa shape index (κ1) is 22.5. The minimum Gasteiger partial charge on any atom is -0.497 e. The molecule has 2 rings (SSSR count). The molecule has 0 saturated heterocycles. The minimum absolute atomic E-state index is 0.0571. The molecule has 5 nitrogen and oxygen atoms in total. The van der Waals surface area contributed by atoms with Crippen molar-refractivity contribution in [2.45, 2.75) is 39.7 Å². The average molecular weight is 397 g/mol. The van der Waals surface area contributed by atoms with Crippen molar-refractivity contribution >= 4 is 11.8 Å². The number of rotatable bonds is 10. The van der Waals surface area contributed by atoms with Crippen LogP contribution in [0.1, 0.15) is 31.9 Å². The molecular formula is C24H32N2O3. The molecule has 5 heteroatoms. The van der Waals surface area contributed by atoms with Crippen molar-refractivity contribution in [3.8, 4) is 5.75 Å². The molecule has 0 saturated carbocycles. The average Bonchev–Trinajstić information content (AvgIpc) is 2.73. The Morgan fingerprint density at radius 1 is 0.966 bits per heavy atom. The number of nitrogens with one attached hydrogen (secondary N) is 1. The molecule has 2 amide bonds. The maximum atomic E-state index is 13.1. The fourth-order valence-corrected chi connectivity index (χ4v) is 3.04. The summed E-state index contributed by atoms with van der Waals surface area (Å²) in [6.07, 6.45) is 0.956. The summed E-state index contributed by atoms with van der Waals surface area (Å²) in [6, 6.07) is 16.9. The number of hydrogen-bond donors (Lipinski definition) is 1. The van der Waals surface area contributed by atoms with Crippen LogP contribution in [0.2, 0.25) is 0 Å². The van der Waals surface area contributed by atoms with Gasteiger partial charge >= 0.3 is 0 Å². The molecule has 0 spiro atoms. The second-order valence-electron chi connectivity index (χ2n) is 7.66. The van der Waals surface area contributed by atoms with Gasteiger partial charge in [0.2, 0.25) is 11.8 Å². The van der Waals surface area contributed by atoms with Crippen LogP contribution >= 0.6 is 0 Å². The van der Waals surface area contributed by atoms with Crippen LogP contribution in [-0.2, 0) is 22.4 Å². The van der Waals surface area contributed by atoms with E-state index < -0.39 is 6.04 Å². The summed E-state index contributed by atoms with van der Waals surface area (Å²) in [5, 5.41) is 2.94. The molecule has 2 aromatic carbocycles. The van der Waals surface area contributed by atoms with Crippen LogP contribution in [-0.4, -0.2) is 43.0 Å². The van der Waals surface area contributed by atoms with E-state index in [1.807, 2.05) is 68.4 Å². The van der Waals surface area contributed by atoms with Crippen molar-refractivity contribution in [3.63, 3.8) is 0 Å². The first-order valence-electron chi connectivity index (χ1n) is 10.1. The Bertz CT molecular complexity index is 772. The predicted octanol–water partition coefficient (Wildman–Crippen LogP) is 3.47. The fraction of sp³-hybridized carbons (Fsp3) is 0.417. The normalized spacial score (nSPS) is 11.8. The van der Waals surface area contributed by atoms with Gasteiger partial charge in [-0.05, 0) is 42.5 Å². The first-order valence-corrected chi connectivity index (χ1v) is 10.1. The highest BCUT2D eigenvalue weighted by Crippen LogP contribution is 2.14. The van der Waals surface area contributed by atoms with E-state index in [0.717, 1.165) is 16.9 Å². The van der Waals surface area contributed by atoms with E-state index in [4.69, 9.17) is 4.74 Å². The third kappa shape index (κ3) is 7.26. The highest BCUT2D eigenvalue weighted by Gasteiger charge is 2.25. The Morgan fingerprint density at radius 3 is 2.21 bits per heavy atom. The zero-order valence-corrected chi connectivity index (χ0v) is 17.9. The lowest BCUT2D eigenvalue weighted by Gasteiger charge is -2.29.